The Morgan fingerprint density at radius 1 is 1.35 bits per heavy atom. The SMILES string of the molecule is Cc1ccc(CC2(CNC3CC3)CC2)c(Cl)c1. The third kappa shape index (κ3) is 2.83. The van der Waals surface area contributed by atoms with Gasteiger partial charge >= 0.3 is 0 Å². The van der Waals surface area contributed by atoms with Crippen LogP contribution in [0.25, 0.3) is 0 Å². The highest BCUT2D eigenvalue weighted by Gasteiger charge is 2.43. The van der Waals surface area contributed by atoms with Crippen LogP contribution < -0.4 is 5.32 Å². The average molecular weight is 250 g/mol. The summed E-state index contributed by atoms with van der Waals surface area (Å²) in [6.07, 6.45) is 6.61. The molecule has 0 amide bonds. The first-order chi connectivity index (χ1) is 8.17. The van der Waals surface area contributed by atoms with Gasteiger partial charge in [-0.25, -0.2) is 0 Å². The molecule has 0 unspecified atom stereocenters. The highest BCUT2D eigenvalue weighted by Crippen LogP contribution is 2.49. The molecule has 0 bridgehead atoms. The van der Waals surface area contributed by atoms with Gasteiger partial charge < -0.3 is 5.32 Å². The molecule has 0 aromatic heterocycles. The lowest BCUT2D eigenvalue weighted by Gasteiger charge is -2.17. The lowest BCUT2D eigenvalue weighted by Crippen LogP contribution is -2.27. The number of rotatable bonds is 5. The van der Waals surface area contributed by atoms with E-state index < -0.39 is 0 Å². The van der Waals surface area contributed by atoms with Gasteiger partial charge in [-0.05, 0) is 61.6 Å². The van der Waals surface area contributed by atoms with Gasteiger partial charge in [0.2, 0.25) is 0 Å². The van der Waals surface area contributed by atoms with Crippen molar-refractivity contribution in [2.75, 3.05) is 6.54 Å². The third-order valence-corrected chi connectivity index (χ3v) is 4.43. The van der Waals surface area contributed by atoms with Crippen LogP contribution in [-0.4, -0.2) is 12.6 Å². The van der Waals surface area contributed by atoms with Crippen molar-refractivity contribution < 1.29 is 0 Å². The minimum Gasteiger partial charge on any atom is -0.313 e. The molecule has 2 aliphatic rings. The first kappa shape index (κ1) is 11.6. The molecule has 0 aliphatic heterocycles. The maximum Gasteiger partial charge on any atom is 0.0440 e. The lowest BCUT2D eigenvalue weighted by atomic mass is 9.95. The van der Waals surface area contributed by atoms with Crippen LogP contribution in [0, 0.1) is 12.3 Å². The van der Waals surface area contributed by atoms with E-state index in [0.717, 1.165) is 17.5 Å². The Balaban J connectivity index is 1.64. The molecule has 0 atom stereocenters. The lowest BCUT2D eigenvalue weighted by molar-refractivity contribution is 0.453. The van der Waals surface area contributed by atoms with Crippen LogP contribution in [0.3, 0.4) is 0 Å². The van der Waals surface area contributed by atoms with Gasteiger partial charge in [0, 0.05) is 17.6 Å². The second-order valence-electron chi connectivity index (χ2n) is 5.93. The van der Waals surface area contributed by atoms with Crippen molar-refractivity contribution in [1.82, 2.24) is 5.32 Å². The molecule has 1 aromatic carbocycles. The standard InChI is InChI=1S/C15H20ClN/c1-11-2-3-12(14(16)8-11)9-15(6-7-15)10-17-13-4-5-13/h2-3,8,13,17H,4-7,9-10H2,1H3. The minimum atomic E-state index is 0.515. The van der Waals surface area contributed by atoms with Gasteiger partial charge in [-0.15, -0.1) is 0 Å². The molecule has 17 heavy (non-hydrogen) atoms. The Hall–Kier alpha value is -0.530. The maximum atomic E-state index is 6.32. The van der Waals surface area contributed by atoms with E-state index in [9.17, 15) is 0 Å². The number of benzene rings is 1. The van der Waals surface area contributed by atoms with Crippen molar-refractivity contribution in [3.8, 4) is 0 Å². The third-order valence-electron chi connectivity index (χ3n) is 4.07. The number of nitrogens with one attached hydrogen (secondary N) is 1. The van der Waals surface area contributed by atoms with Crippen LogP contribution in [0.2, 0.25) is 5.02 Å². The summed E-state index contributed by atoms with van der Waals surface area (Å²) in [5.74, 6) is 0. The first-order valence-electron chi connectivity index (χ1n) is 6.65. The van der Waals surface area contributed by atoms with E-state index in [4.69, 9.17) is 11.6 Å². The Morgan fingerprint density at radius 2 is 2.12 bits per heavy atom. The second kappa shape index (κ2) is 4.29. The molecule has 1 N–H and O–H groups in total. The molecule has 2 saturated carbocycles. The molecular formula is C15H20ClN. The van der Waals surface area contributed by atoms with Gasteiger partial charge in [0.15, 0.2) is 0 Å². The smallest absolute Gasteiger partial charge is 0.0440 e. The van der Waals surface area contributed by atoms with Crippen LogP contribution in [0.4, 0.5) is 0 Å². The number of hydrogen-bond donors (Lipinski definition) is 1. The Morgan fingerprint density at radius 3 is 2.71 bits per heavy atom. The second-order valence-corrected chi connectivity index (χ2v) is 6.33. The predicted molar refractivity (Wildman–Crippen MR) is 72.6 cm³/mol. The van der Waals surface area contributed by atoms with E-state index >= 15 is 0 Å². The summed E-state index contributed by atoms with van der Waals surface area (Å²) >= 11 is 6.32. The van der Waals surface area contributed by atoms with Crippen LogP contribution in [-0.2, 0) is 6.42 Å². The fraction of sp³-hybridized carbons (Fsp3) is 0.600. The summed E-state index contributed by atoms with van der Waals surface area (Å²) in [6, 6.07) is 7.28. The fourth-order valence-corrected chi connectivity index (χ4v) is 2.74. The van der Waals surface area contributed by atoms with Gasteiger partial charge in [0.1, 0.15) is 0 Å². The normalized spacial score (nSPS) is 21.5. The van der Waals surface area contributed by atoms with E-state index in [-0.39, 0.29) is 0 Å². The van der Waals surface area contributed by atoms with Gasteiger partial charge in [0.25, 0.3) is 0 Å². The zero-order valence-corrected chi connectivity index (χ0v) is 11.2. The molecule has 0 heterocycles. The number of aryl methyl sites for hydroxylation is 1. The summed E-state index contributed by atoms with van der Waals surface area (Å²) < 4.78 is 0. The summed E-state index contributed by atoms with van der Waals surface area (Å²) in [6.45, 7) is 3.28. The molecule has 1 nitrogen and oxygen atoms in total. The predicted octanol–water partition coefficient (Wildman–Crippen LogP) is 3.72. The first-order valence-corrected chi connectivity index (χ1v) is 7.03. The molecular weight excluding hydrogens is 230 g/mol. The Bertz CT molecular complexity index is 419. The highest BCUT2D eigenvalue weighted by atomic mass is 35.5. The van der Waals surface area contributed by atoms with Crippen LogP contribution in [0.15, 0.2) is 18.2 Å². The van der Waals surface area contributed by atoms with Crippen LogP contribution in [0.5, 0.6) is 0 Å². The zero-order chi connectivity index (χ0) is 11.9. The molecule has 0 spiro atoms. The zero-order valence-electron chi connectivity index (χ0n) is 10.4. The quantitative estimate of drug-likeness (QED) is 0.839. The van der Waals surface area contributed by atoms with Gasteiger partial charge in [0.05, 0.1) is 0 Å². The molecule has 92 valence electrons. The van der Waals surface area contributed by atoms with E-state index in [1.54, 1.807) is 0 Å². The minimum absolute atomic E-state index is 0.515. The van der Waals surface area contributed by atoms with Gasteiger partial charge in [-0.3, -0.25) is 0 Å². The Kier molecular flexibility index (Phi) is 2.92. The van der Waals surface area contributed by atoms with Crippen molar-refractivity contribution in [3.63, 3.8) is 0 Å². The molecule has 2 heteroatoms. The van der Waals surface area contributed by atoms with E-state index in [0.29, 0.717) is 5.41 Å². The van der Waals surface area contributed by atoms with Crippen molar-refractivity contribution in [1.29, 1.82) is 0 Å². The molecule has 0 radical (unpaired) electrons. The molecule has 1 aromatic rings. The summed E-state index contributed by atoms with van der Waals surface area (Å²) in [5.41, 5.74) is 3.09. The maximum absolute atomic E-state index is 6.32. The fourth-order valence-electron chi connectivity index (χ4n) is 2.44. The van der Waals surface area contributed by atoms with Gasteiger partial charge in [-0.1, -0.05) is 23.7 Å². The molecule has 0 saturated heterocycles. The summed E-state index contributed by atoms with van der Waals surface area (Å²) in [4.78, 5) is 0. The highest BCUT2D eigenvalue weighted by molar-refractivity contribution is 6.31. The van der Waals surface area contributed by atoms with Crippen LogP contribution >= 0.6 is 11.6 Å². The van der Waals surface area contributed by atoms with Crippen molar-refractivity contribution in [2.45, 2.75) is 45.1 Å². The van der Waals surface area contributed by atoms with E-state index in [2.05, 4.69) is 30.4 Å². The monoisotopic (exact) mass is 249 g/mol. The molecule has 2 fully saturated rings. The largest absolute Gasteiger partial charge is 0.313 e. The number of halogens is 1. The van der Waals surface area contributed by atoms with Crippen LogP contribution in [0.1, 0.15) is 36.8 Å². The topological polar surface area (TPSA) is 12.0 Å². The summed E-state index contributed by atoms with van der Waals surface area (Å²) in [5, 5.41) is 4.61. The average Bonchev–Trinajstić information content (AvgIpc) is 3.15. The van der Waals surface area contributed by atoms with Gasteiger partial charge in [-0.2, -0.15) is 0 Å². The van der Waals surface area contributed by atoms with E-state index in [1.165, 1.54) is 43.4 Å². The van der Waals surface area contributed by atoms with Crippen molar-refractivity contribution in [2.24, 2.45) is 5.41 Å². The van der Waals surface area contributed by atoms with Crippen molar-refractivity contribution in [3.05, 3.63) is 34.3 Å². The van der Waals surface area contributed by atoms with Crippen molar-refractivity contribution >= 4 is 11.6 Å². The molecule has 2 aliphatic carbocycles. The number of hydrogen-bond acceptors (Lipinski definition) is 1. The Labute approximate surface area is 109 Å². The molecule has 3 rings (SSSR count). The summed E-state index contributed by atoms with van der Waals surface area (Å²) in [7, 11) is 0. The van der Waals surface area contributed by atoms with E-state index in [1.807, 2.05) is 0 Å².